The summed E-state index contributed by atoms with van der Waals surface area (Å²) in [5.74, 6) is 2.04. The Balaban J connectivity index is 1.90. The first-order valence-electron chi connectivity index (χ1n) is 16.6. The Morgan fingerprint density at radius 2 is 0.913 bits per heavy atom. The molecule has 0 radical (unpaired) electrons. The molecule has 5 heteroatoms. The van der Waals surface area contributed by atoms with Gasteiger partial charge in [0, 0.05) is 39.5 Å². The fraction of sp³-hybridized carbons (Fsp3) is 0.463. The monoisotopic (exact) mass is 652 g/mol. The maximum absolute atomic E-state index is 7.48. The molecule has 5 rings (SSSR count). The summed E-state index contributed by atoms with van der Waals surface area (Å²) in [6.45, 7) is 32.9. The molecule has 0 fully saturated rings. The van der Waals surface area contributed by atoms with Gasteiger partial charge in [-0.25, -0.2) is 0 Å². The SMILES string of the molecule is CC(C)(C)c1cc(P(c2ccccn2)C(C)(C)C)c2c(c1)C(C)(C)c1cc(C(C)(C)C)cc(P(c3ccccn3)C(C)(C)C)c1O2. The van der Waals surface area contributed by atoms with Crippen molar-refractivity contribution in [1.29, 1.82) is 0 Å². The molecule has 3 nitrogen and oxygen atoms in total. The van der Waals surface area contributed by atoms with Crippen molar-refractivity contribution < 1.29 is 4.74 Å². The highest BCUT2D eigenvalue weighted by molar-refractivity contribution is 7.74. The van der Waals surface area contributed by atoms with E-state index >= 15 is 0 Å². The zero-order chi connectivity index (χ0) is 34.0. The van der Waals surface area contributed by atoms with Gasteiger partial charge in [-0.3, -0.25) is 9.97 Å². The summed E-state index contributed by atoms with van der Waals surface area (Å²) in [5.41, 5.74) is 7.15. The molecule has 0 bridgehead atoms. The molecule has 0 saturated carbocycles. The van der Waals surface area contributed by atoms with E-state index in [2.05, 4.69) is 145 Å². The number of nitrogens with zero attached hydrogens (tertiary/aromatic N) is 2. The molecular formula is C41H54N2OP2. The van der Waals surface area contributed by atoms with E-state index in [1.165, 1.54) is 32.9 Å². The smallest absolute Gasteiger partial charge is 0.139 e. The molecule has 0 aliphatic carbocycles. The van der Waals surface area contributed by atoms with Crippen LogP contribution in [0.25, 0.3) is 0 Å². The van der Waals surface area contributed by atoms with Crippen molar-refractivity contribution in [2.45, 2.75) is 123 Å². The van der Waals surface area contributed by atoms with Gasteiger partial charge in [0.05, 0.1) is 10.9 Å². The van der Waals surface area contributed by atoms with E-state index in [1.54, 1.807) is 0 Å². The van der Waals surface area contributed by atoms with Crippen molar-refractivity contribution in [2.24, 2.45) is 0 Å². The molecule has 0 saturated heterocycles. The predicted octanol–water partition coefficient (Wildman–Crippen LogP) is 9.97. The van der Waals surface area contributed by atoms with Gasteiger partial charge < -0.3 is 4.74 Å². The second kappa shape index (κ2) is 11.8. The molecule has 1 aliphatic heterocycles. The lowest BCUT2D eigenvalue weighted by molar-refractivity contribution is 0.421. The summed E-state index contributed by atoms with van der Waals surface area (Å²) in [6, 6.07) is 22.4. The summed E-state index contributed by atoms with van der Waals surface area (Å²) in [7, 11) is -1.72. The van der Waals surface area contributed by atoms with Crippen LogP contribution in [0.5, 0.6) is 11.5 Å². The highest BCUT2D eigenvalue weighted by Gasteiger charge is 2.44. The largest absolute Gasteiger partial charge is 0.455 e. The van der Waals surface area contributed by atoms with Crippen LogP contribution in [-0.4, -0.2) is 20.3 Å². The van der Waals surface area contributed by atoms with Gasteiger partial charge in [0.25, 0.3) is 0 Å². The molecule has 2 aromatic heterocycles. The van der Waals surface area contributed by atoms with Crippen LogP contribution in [0.2, 0.25) is 0 Å². The quantitative estimate of drug-likeness (QED) is 0.206. The number of fused-ring (bicyclic) bond motifs is 2. The fourth-order valence-electron chi connectivity index (χ4n) is 6.44. The number of hydrogen-bond acceptors (Lipinski definition) is 3. The molecule has 1 aliphatic rings. The summed E-state index contributed by atoms with van der Waals surface area (Å²) >= 11 is 0. The average Bonchev–Trinajstić information content (AvgIpc) is 2.92. The van der Waals surface area contributed by atoms with Crippen molar-refractivity contribution in [2.75, 3.05) is 0 Å². The third-order valence-corrected chi connectivity index (χ3v) is 14.8. The number of ether oxygens (including phenoxy) is 1. The zero-order valence-electron chi connectivity index (χ0n) is 30.6. The molecule has 3 heterocycles. The topological polar surface area (TPSA) is 35.0 Å². The first-order valence-corrected chi connectivity index (χ1v) is 19.3. The van der Waals surface area contributed by atoms with Crippen molar-refractivity contribution >= 4 is 37.3 Å². The lowest BCUT2D eigenvalue weighted by atomic mass is 9.72. The number of pyridine rings is 2. The average molecular weight is 653 g/mol. The molecule has 0 N–H and O–H groups in total. The zero-order valence-corrected chi connectivity index (χ0v) is 32.4. The van der Waals surface area contributed by atoms with E-state index < -0.39 is 15.8 Å². The molecule has 244 valence electrons. The Hall–Kier alpha value is -2.60. The highest BCUT2D eigenvalue weighted by Crippen LogP contribution is 2.58. The minimum absolute atomic E-state index is 0.0267. The van der Waals surface area contributed by atoms with Crippen molar-refractivity contribution in [1.82, 2.24) is 9.97 Å². The van der Waals surface area contributed by atoms with Crippen LogP contribution in [0.15, 0.2) is 73.1 Å². The molecule has 4 aromatic rings. The minimum Gasteiger partial charge on any atom is -0.455 e. The van der Waals surface area contributed by atoms with Gasteiger partial charge in [0.1, 0.15) is 11.5 Å². The Kier molecular flexibility index (Phi) is 8.93. The normalized spacial score (nSPS) is 16.2. The van der Waals surface area contributed by atoms with E-state index in [4.69, 9.17) is 14.7 Å². The Morgan fingerprint density at radius 3 is 1.20 bits per heavy atom. The van der Waals surface area contributed by atoms with E-state index in [-0.39, 0.29) is 26.6 Å². The van der Waals surface area contributed by atoms with Crippen LogP contribution in [0, 0.1) is 0 Å². The van der Waals surface area contributed by atoms with Gasteiger partial charge in [-0.15, -0.1) is 0 Å². The van der Waals surface area contributed by atoms with E-state index in [1.807, 2.05) is 24.5 Å². The molecule has 46 heavy (non-hydrogen) atoms. The van der Waals surface area contributed by atoms with Gasteiger partial charge in [-0.2, -0.15) is 0 Å². The summed E-state index contributed by atoms with van der Waals surface area (Å²) in [4.78, 5) is 9.94. The van der Waals surface area contributed by atoms with Gasteiger partial charge in [-0.05, 0) is 84.5 Å². The Bertz CT molecular complexity index is 1590. The molecule has 2 aromatic carbocycles. The first kappa shape index (κ1) is 34.7. The third kappa shape index (κ3) is 6.57. The fourth-order valence-corrected chi connectivity index (χ4v) is 11.9. The van der Waals surface area contributed by atoms with Crippen LogP contribution in [0.4, 0.5) is 0 Å². The van der Waals surface area contributed by atoms with Gasteiger partial charge in [-0.1, -0.05) is 121 Å². The predicted molar refractivity (Wildman–Crippen MR) is 203 cm³/mol. The van der Waals surface area contributed by atoms with Gasteiger partial charge in [0.2, 0.25) is 0 Å². The number of benzene rings is 2. The van der Waals surface area contributed by atoms with E-state index in [9.17, 15) is 0 Å². The van der Waals surface area contributed by atoms with Gasteiger partial charge >= 0.3 is 0 Å². The van der Waals surface area contributed by atoms with E-state index in [0.29, 0.717) is 0 Å². The van der Waals surface area contributed by atoms with Crippen LogP contribution in [0.3, 0.4) is 0 Å². The standard InChI is InChI=1S/C41H54N2OP2/c1-37(2,3)27-23-29-35(31(25-27)45(39(7,8)9)33-19-15-17-21-42-33)44-36-30(41(29,13)14)24-28(38(4,5)6)26-32(36)46(40(10,11)12)34-20-16-18-22-43-34/h15-26H,1-14H3. The Labute approximate surface area is 281 Å². The second-order valence-electron chi connectivity index (χ2n) is 17.4. The molecular weight excluding hydrogens is 598 g/mol. The van der Waals surface area contributed by atoms with Crippen LogP contribution in [-0.2, 0) is 16.2 Å². The Morgan fingerprint density at radius 1 is 0.543 bits per heavy atom. The maximum Gasteiger partial charge on any atom is 0.139 e. The molecule has 2 atom stereocenters. The third-order valence-electron chi connectivity index (χ3n) is 9.00. The lowest BCUT2D eigenvalue weighted by Gasteiger charge is -2.43. The van der Waals surface area contributed by atoms with Crippen molar-refractivity contribution in [3.8, 4) is 11.5 Å². The minimum atomic E-state index is -0.860. The lowest BCUT2D eigenvalue weighted by Crippen LogP contribution is -2.37. The maximum atomic E-state index is 7.48. The van der Waals surface area contributed by atoms with Crippen molar-refractivity contribution in [3.63, 3.8) is 0 Å². The van der Waals surface area contributed by atoms with Crippen LogP contribution in [0.1, 0.15) is 119 Å². The number of aromatic nitrogens is 2. The summed E-state index contributed by atoms with van der Waals surface area (Å²) < 4.78 is 7.48. The van der Waals surface area contributed by atoms with Crippen LogP contribution < -0.4 is 26.2 Å². The molecule has 2 unspecified atom stereocenters. The molecule has 0 amide bonds. The van der Waals surface area contributed by atoms with E-state index in [0.717, 1.165) is 22.4 Å². The van der Waals surface area contributed by atoms with Crippen molar-refractivity contribution in [3.05, 3.63) is 95.3 Å². The first-order chi connectivity index (χ1) is 21.1. The number of hydrogen-bond donors (Lipinski definition) is 0. The second-order valence-corrected chi connectivity index (χ2v) is 23.3. The number of rotatable bonds is 4. The van der Waals surface area contributed by atoms with Gasteiger partial charge in [0.15, 0.2) is 0 Å². The molecule has 0 spiro atoms. The summed E-state index contributed by atoms with van der Waals surface area (Å²) in [6.07, 6.45) is 3.87. The van der Waals surface area contributed by atoms with Crippen LogP contribution >= 0.6 is 15.8 Å². The highest BCUT2D eigenvalue weighted by atomic mass is 31.1. The summed E-state index contributed by atoms with van der Waals surface area (Å²) in [5, 5.41) is 2.50.